The van der Waals surface area contributed by atoms with Gasteiger partial charge in [-0.1, -0.05) is 0 Å². The molecule has 50 atom stereocenters. The van der Waals surface area contributed by atoms with Crippen molar-refractivity contribution in [2.45, 2.75) is 341 Å². The van der Waals surface area contributed by atoms with E-state index < -0.39 is 390 Å². The lowest BCUT2D eigenvalue weighted by Crippen LogP contribution is -2.71. The zero-order chi connectivity index (χ0) is 89.8. The Morgan fingerprint density at radius 1 is 0.230 bits per heavy atom. The number of carbonyl (C=O) groups is 4. The molecule has 10 saturated heterocycles. The van der Waals surface area contributed by atoms with Gasteiger partial charge in [0.15, 0.2) is 62.9 Å². The molecule has 0 saturated carbocycles. The summed E-state index contributed by atoms with van der Waals surface area (Å²) >= 11 is 0. The summed E-state index contributed by atoms with van der Waals surface area (Å²) in [5.41, 5.74) is 0. The highest BCUT2D eigenvalue weighted by Gasteiger charge is 2.62. The van der Waals surface area contributed by atoms with E-state index in [0.717, 1.165) is 27.7 Å². The van der Waals surface area contributed by atoms with E-state index in [4.69, 9.17) is 90.0 Å². The summed E-state index contributed by atoms with van der Waals surface area (Å²) in [5.74, 6) is -3.82. The van der Waals surface area contributed by atoms with Gasteiger partial charge in [-0.25, -0.2) is 0 Å². The lowest BCUT2D eigenvalue weighted by molar-refractivity contribution is -0.399. The molecule has 4 amide bonds. The van der Waals surface area contributed by atoms with E-state index >= 15 is 0 Å². The second-order valence-corrected chi connectivity index (χ2v) is 31.0. The number of amides is 4. The van der Waals surface area contributed by atoms with E-state index in [-0.39, 0.29) is 0 Å². The highest BCUT2D eigenvalue weighted by atomic mass is 16.8. The van der Waals surface area contributed by atoms with Crippen LogP contribution in [0, 0.1) is 0 Å². The van der Waals surface area contributed by atoms with Crippen molar-refractivity contribution in [1.82, 2.24) is 21.3 Å². The van der Waals surface area contributed by atoms with Gasteiger partial charge in [-0.15, -0.1) is 0 Å². The predicted octanol–water partition coefficient (Wildman–Crippen LogP) is -21.2. The first-order valence-corrected chi connectivity index (χ1v) is 39.0. The minimum absolute atomic E-state index is 0.866. The van der Waals surface area contributed by atoms with E-state index in [2.05, 4.69) is 21.3 Å². The molecule has 54 nitrogen and oxygen atoms in total. The number of nitrogens with one attached hydrogen (secondary N) is 4. The van der Waals surface area contributed by atoms with E-state index in [0.29, 0.717) is 0 Å². The standard InChI is InChI=1S/C68H114N4O50/c1-15-33(85)42(94)47(99)63(105-15)119-55-30(70-17(3)82)59(103)106-27(13-80)52(55)116-60-29(69-16(2)81)41(93)51(26(12-79)113-60)115-66-50(102)56(120-68-58(46(98)37(89)23(9-76)112-68)122-62-32(72-19(5)84)54(39(91)25(11-78)108-62)118-65-49(101)44(96)35(87)21(7-74)110-65)40(92)28(114-66)14-104-67-57(45(97)36(88)22(8-75)111-67)121-61-31(71-18(4)83)53(38(90)24(10-77)107-61)117-64-48(100)43(95)34(86)20(6-73)109-64/h15,20-68,73-80,85-103H,6-14H2,1-5H3,(H,69,81)(H,70,82)(H,71,83)(H,72,84)/t15-,20+,21+,22+,23+,24+,25+,26+,27+,28+,29+,30+,31+,32+,33+,34-,35-,36+,37+,38+,39+,40+,41+,42+,43-,44-,45-,46-,47-,48+,49+,50-,51+,52+,53+,54+,55+,56-,57-,58-,59+,60-,61-,62-,63-,64-,65-,66-,67+,68-/m0/s1. The molecule has 10 fully saturated rings. The number of rotatable bonds is 31. The Morgan fingerprint density at radius 3 is 0.959 bits per heavy atom. The van der Waals surface area contributed by atoms with Gasteiger partial charge >= 0.3 is 0 Å². The third kappa shape index (κ3) is 21.9. The van der Waals surface area contributed by atoms with Crippen LogP contribution in [-0.2, 0) is 109 Å². The van der Waals surface area contributed by atoms with Crippen molar-refractivity contribution in [2.75, 3.05) is 59.5 Å². The maximum atomic E-state index is 13.3. The number of hydrogen-bond acceptors (Lipinski definition) is 50. The van der Waals surface area contributed by atoms with Gasteiger partial charge < -0.3 is 249 Å². The smallest absolute Gasteiger partial charge is 0.217 e. The average molecular weight is 1790 g/mol. The van der Waals surface area contributed by atoms with Crippen molar-refractivity contribution in [3.63, 3.8) is 0 Å². The van der Waals surface area contributed by atoms with Crippen molar-refractivity contribution in [3.05, 3.63) is 0 Å². The highest BCUT2D eigenvalue weighted by Crippen LogP contribution is 2.41. The van der Waals surface area contributed by atoms with E-state index in [9.17, 15) is 157 Å². The highest BCUT2D eigenvalue weighted by molar-refractivity contribution is 5.74. The SMILES string of the molecule is CC(=O)N[C@@H]1[C@@H](O[C@@H]2O[C@@H](C)[C@@H](O)[C@@H](O)[C@@H]2O)[C@H](O[C@@H]2O[C@H](CO)[C@@H](O[C@@H]3O[C@H](CO[C@@H]4O[C@H](CO)[C@@H](O)[C@H](O)[C@@H]4O[C@@H]4O[C@H](CO)[C@@H](O)[C@H](O[C@@H]5O[C@H](CO)[C@H](O)[C@H](O)[C@H]5O)[C@H]4NC(C)=O)[C@@H](O)[C@H](O[C@@H]4O[C@H](CO)[C@@H](O)[C@H](O)[C@@H]4O[C@@H]4O[C@H](CO)[C@@H](O)[C@H](O[C@@H]5O[C@H](CO)[C@H](O)[C@H](O)[C@H]5O)[C@H]4NC(C)=O)[C@@H]3O)[C@H](O)[C@H]2NC(C)=O)[C@@H](CO)O[C@H]1O. The van der Waals surface area contributed by atoms with Gasteiger partial charge in [0.25, 0.3) is 0 Å². The minimum atomic E-state index is -2.65. The Labute approximate surface area is 691 Å². The number of carbonyl (C=O) groups excluding carboxylic acids is 4. The first-order chi connectivity index (χ1) is 57.7. The van der Waals surface area contributed by atoms with Crippen LogP contribution in [0.3, 0.4) is 0 Å². The molecule has 0 bridgehead atoms. The van der Waals surface area contributed by atoms with Gasteiger partial charge in [0.05, 0.1) is 65.6 Å². The van der Waals surface area contributed by atoms with Gasteiger partial charge in [0.2, 0.25) is 23.6 Å². The lowest BCUT2D eigenvalue weighted by Gasteiger charge is -2.51. The molecular formula is C68H114N4O50. The van der Waals surface area contributed by atoms with Gasteiger partial charge in [0, 0.05) is 27.7 Å². The van der Waals surface area contributed by atoms with Crippen LogP contribution in [0.25, 0.3) is 0 Å². The number of hydrogen-bond donors (Lipinski definition) is 31. The molecule has 0 spiro atoms. The molecule has 10 rings (SSSR count). The lowest BCUT2D eigenvalue weighted by atomic mass is 9.93. The predicted molar refractivity (Wildman–Crippen MR) is 375 cm³/mol. The monoisotopic (exact) mass is 1790 g/mol. The fraction of sp³-hybridized carbons (Fsp3) is 0.941. The fourth-order valence-corrected chi connectivity index (χ4v) is 15.9. The van der Waals surface area contributed by atoms with Crippen molar-refractivity contribution in [3.8, 4) is 0 Å². The van der Waals surface area contributed by atoms with Gasteiger partial charge in [-0.2, -0.15) is 0 Å². The minimum Gasteiger partial charge on any atom is -0.394 e. The fourth-order valence-electron chi connectivity index (χ4n) is 15.9. The quantitative estimate of drug-likeness (QED) is 0.0306. The molecule has 0 aromatic rings. The molecule has 0 aromatic heterocycles. The Balaban J connectivity index is 1.01. The molecule has 0 aliphatic carbocycles. The summed E-state index contributed by atoms with van der Waals surface area (Å²) in [7, 11) is 0. The van der Waals surface area contributed by atoms with Gasteiger partial charge in [0.1, 0.15) is 238 Å². The third-order valence-corrected chi connectivity index (χ3v) is 22.4. The van der Waals surface area contributed by atoms with Crippen LogP contribution in [0.1, 0.15) is 34.6 Å². The molecule has 122 heavy (non-hydrogen) atoms. The maximum absolute atomic E-state index is 13.3. The van der Waals surface area contributed by atoms with Crippen LogP contribution in [-0.4, -0.2) is 528 Å². The van der Waals surface area contributed by atoms with Crippen LogP contribution in [0.5, 0.6) is 0 Å². The summed E-state index contributed by atoms with van der Waals surface area (Å²) < 4.78 is 114. The Kier molecular flexibility index (Phi) is 35.8. The van der Waals surface area contributed by atoms with Crippen LogP contribution < -0.4 is 21.3 Å². The Bertz CT molecular complexity index is 3290. The molecule has 0 aromatic carbocycles. The molecule has 10 aliphatic rings. The zero-order valence-corrected chi connectivity index (χ0v) is 65.7. The Morgan fingerprint density at radius 2 is 0.516 bits per heavy atom. The molecule has 31 N–H and O–H groups in total. The van der Waals surface area contributed by atoms with E-state index in [1.165, 1.54) is 6.92 Å². The van der Waals surface area contributed by atoms with Gasteiger partial charge in [-0.05, 0) is 6.92 Å². The summed E-state index contributed by atoms with van der Waals surface area (Å²) in [5, 5.41) is 311. The van der Waals surface area contributed by atoms with Crippen LogP contribution in [0.15, 0.2) is 0 Å². The molecule has 706 valence electrons. The van der Waals surface area contributed by atoms with E-state index in [1.54, 1.807) is 0 Å². The summed E-state index contributed by atoms with van der Waals surface area (Å²) in [6, 6.07) is -7.72. The average Bonchev–Trinajstić information content (AvgIpc) is 0.759. The second-order valence-electron chi connectivity index (χ2n) is 31.0. The molecular weight excluding hydrogens is 1670 g/mol. The van der Waals surface area contributed by atoms with Crippen LogP contribution >= 0.6 is 0 Å². The van der Waals surface area contributed by atoms with E-state index in [1.807, 2.05) is 0 Å². The van der Waals surface area contributed by atoms with Crippen molar-refractivity contribution < 1.29 is 247 Å². The van der Waals surface area contributed by atoms with Crippen LogP contribution in [0.2, 0.25) is 0 Å². The third-order valence-electron chi connectivity index (χ3n) is 22.4. The summed E-state index contributed by atoms with van der Waals surface area (Å²) in [6.07, 6.45) is -96.8. The molecule has 10 heterocycles. The summed E-state index contributed by atoms with van der Waals surface area (Å²) in [4.78, 5) is 52.3. The van der Waals surface area contributed by atoms with Crippen LogP contribution in [0.4, 0.5) is 0 Å². The number of aliphatic hydroxyl groups is 27. The first-order valence-electron chi connectivity index (χ1n) is 39.0. The molecule has 0 unspecified atom stereocenters. The normalized spacial score (nSPS) is 49.7. The van der Waals surface area contributed by atoms with Crippen molar-refractivity contribution in [2.24, 2.45) is 0 Å². The zero-order valence-electron chi connectivity index (χ0n) is 65.7. The largest absolute Gasteiger partial charge is 0.394 e. The van der Waals surface area contributed by atoms with Crippen molar-refractivity contribution in [1.29, 1.82) is 0 Å². The summed E-state index contributed by atoms with van der Waals surface area (Å²) in [6.45, 7) is -5.26. The molecule has 54 heteroatoms. The second kappa shape index (κ2) is 43.6. The Hall–Kier alpha value is -3.96. The maximum Gasteiger partial charge on any atom is 0.217 e. The first kappa shape index (κ1) is 100. The number of ether oxygens (including phenoxy) is 19. The topological polar surface area (TPSA) is 838 Å². The number of aliphatic hydroxyl groups excluding tert-OH is 27. The molecule has 10 aliphatic heterocycles. The van der Waals surface area contributed by atoms with Crippen molar-refractivity contribution >= 4 is 23.6 Å². The van der Waals surface area contributed by atoms with Gasteiger partial charge in [-0.3, -0.25) is 19.2 Å². The molecule has 0 radical (unpaired) electrons.